The summed E-state index contributed by atoms with van der Waals surface area (Å²) in [7, 11) is 1.37. The van der Waals surface area contributed by atoms with Crippen LogP contribution in [-0.2, 0) is 9.53 Å². The molecule has 20 heavy (non-hydrogen) atoms. The zero-order valence-electron chi connectivity index (χ0n) is 11.4. The van der Waals surface area contributed by atoms with Gasteiger partial charge in [0, 0.05) is 10.6 Å². The Labute approximate surface area is 122 Å². The molecule has 106 valence electrons. The van der Waals surface area contributed by atoms with Gasteiger partial charge in [-0.3, -0.25) is 4.79 Å². The Balaban J connectivity index is 1.92. The van der Waals surface area contributed by atoms with Crippen LogP contribution in [0.1, 0.15) is 36.0 Å². The molecule has 4 nitrogen and oxygen atoms in total. The number of carbonyl (C=O) groups excluding carboxylic acids is 2. The molecular formula is C15H17NO3S. The first-order valence-electron chi connectivity index (χ1n) is 6.81. The third-order valence-electron chi connectivity index (χ3n) is 4.20. The predicted octanol–water partition coefficient (Wildman–Crippen LogP) is 3.08. The lowest BCUT2D eigenvalue weighted by Gasteiger charge is -2.24. The molecule has 1 fully saturated rings. The van der Waals surface area contributed by atoms with E-state index in [1.165, 1.54) is 7.11 Å². The van der Waals surface area contributed by atoms with Gasteiger partial charge in [0.05, 0.1) is 23.8 Å². The summed E-state index contributed by atoms with van der Waals surface area (Å²) in [6.45, 7) is 0. The monoisotopic (exact) mass is 291 g/mol. The Bertz CT molecular complexity index is 564. The maximum atomic E-state index is 12.5. The van der Waals surface area contributed by atoms with Crippen LogP contribution in [0.4, 0.5) is 5.69 Å². The summed E-state index contributed by atoms with van der Waals surface area (Å²) in [5.41, 5.74) is 1.10. The molecule has 0 bridgehead atoms. The minimum absolute atomic E-state index is 0.132. The molecule has 0 atom stereocenters. The summed E-state index contributed by atoms with van der Waals surface area (Å²) in [5.74, 6) is 0.572. The highest BCUT2D eigenvalue weighted by molar-refractivity contribution is 7.99. The second kappa shape index (κ2) is 5.13. The quantitative estimate of drug-likeness (QED) is 0.808. The fraction of sp³-hybridized carbons (Fsp3) is 0.467. The Morgan fingerprint density at radius 2 is 2.10 bits per heavy atom. The van der Waals surface area contributed by atoms with E-state index in [0.717, 1.165) is 42.0 Å². The normalized spacial score (nSPS) is 20.1. The Morgan fingerprint density at radius 3 is 2.80 bits per heavy atom. The minimum Gasteiger partial charge on any atom is -0.465 e. The number of fused-ring (bicyclic) bond motifs is 1. The van der Waals surface area contributed by atoms with Gasteiger partial charge in [-0.1, -0.05) is 12.8 Å². The van der Waals surface area contributed by atoms with Crippen molar-refractivity contribution in [2.45, 2.75) is 30.6 Å². The third-order valence-corrected chi connectivity index (χ3v) is 5.54. The van der Waals surface area contributed by atoms with Crippen LogP contribution in [0.2, 0.25) is 0 Å². The van der Waals surface area contributed by atoms with Crippen molar-refractivity contribution < 1.29 is 14.3 Å². The molecule has 5 heteroatoms. The molecule has 1 N–H and O–H groups in total. The average Bonchev–Trinajstić information content (AvgIpc) is 2.90. The number of esters is 1. The molecule has 1 amide bonds. The lowest BCUT2D eigenvalue weighted by atomic mass is 9.87. The van der Waals surface area contributed by atoms with Gasteiger partial charge in [-0.25, -0.2) is 4.79 Å². The molecule has 2 aliphatic rings. The largest absolute Gasteiger partial charge is 0.465 e. The lowest BCUT2D eigenvalue weighted by Crippen LogP contribution is -2.34. The first-order valence-corrected chi connectivity index (χ1v) is 7.80. The first kappa shape index (κ1) is 13.5. The molecule has 0 saturated heterocycles. The van der Waals surface area contributed by atoms with E-state index in [1.54, 1.807) is 30.0 Å². The van der Waals surface area contributed by atoms with Crippen molar-refractivity contribution >= 4 is 29.3 Å². The van der Waals surface area contributed by atoms with Crippen LogP contribution in [0.15, 0.2) is 23.1 Å². The van der Waals surface area contributed by atoms with Gasteiger partial charge in [0.25, 0.3) is 0 Å². The molecule has 1 aromatic rings. The maximum absolute atomic E-state index is 12.5. The zero-order chi connectivity index (χ0) is 14.2. The number of methoxy groups -OCH3 is 1. The van der Waals surface area contributed by atoms with Gasteiger partial charge in [-0.2, -0.15) is 0 Å². The second-order valence-electron chi connectivity index (χ2n) is 5.43. The summed E-state index contributed by atoms with van der Waals surface area (Å²) >= 11 is 1.66. The van der Waals surface area contributed by atoms with Crippen LogP contribution < -0.4 is 5.32 Å². The molecule has 0 unspecified atom stereocenters. The van der Waals surface area contributed by atoms with Crippen molar-refractivity contribution in [3.05, 3.63) is 23.8 Å². The summed E-state index contributed by atoms with van der Waals surface area (Å²) in [6, 6.07) is 5.29. The van der Waals surface area contributed by atoms with Crippen LogP contribution >= 0.6 is 11.8 Å². The number of ether oxygens (including phenoxy) is 1. The fourth-order valence-corrected chi connectivity index (χ4v) is 4.29. The van der Waals surface area contributed by atoms with E-state index in [0.29, 0.717) is 5.56 Å². The van der Waals surface area contributed by atoms with E-state index >= 15 is 0 Å². The standard InChI is InChI=1S/C15H17NO3S/c1-19-13(17)10-4-5-11-12(8-10)20-9-15(14(18)16-11)6-2-3-7-15/h4-5,8H,2-3,6-7,9H2,1H3,(H,16,18). The molecule has 1 heterocycles. The van der Waals surface area contributed by atoms with Gasteiger partial charge in [0.2, 0.25) is 5.91 Å². The third kappa shape index (κ3) is 2.20. The van der Waals surface area contributed by atoms with Gasteiger partial charge < -0.3 is 10.1 Å². The number of nitrogens with one attached hydrogen (secondary N) is 1. The van der Waals surface area contributed by atoms with Crippen LogP contribution in [-0.4, -0.2) is 24.7 Å². The van der Waals surface area contributed by atoms with Crippen molar-refractivity contribution in [1.82, 2.24) is 0 Å². The number of anilines is 1. The first-order chi connectivity index (χ1) is 9.64. The smallest absolute Gasteiger partial charge is 0.337 e. The number of amides is 1. The second-order valence-corrected chi connectivity index (χ2v) is 6.45. The van der Waals surface area contributed by atoms with E-state index in [-0.39, 0.29) is 17.3 Å². The molecule has 3 rings (SSSR count). The number of benzene rings is 1. The predicted molar refractivity (Wildman–Crippen MR) is 78.0 cm³/mol. The van der Waals surface area contributed by atoms with Crippen LogP contribution in [0.3, 0.4) is 0 Å². The highest BCUT2D eigenvalue weighted by atomic mass is 32.2. The number of carbonyl (C=O) groups is 2. The summed E-state index contributed by atoms with van der Waals surface area (Å²) in [6.07, 6.45) is 4.17. The SMILES string of the molecule is COC(=O)c1ccc2c(c1)SCC1(CCCC1)C(=O)N2. The number of hydrogen-bond donors (Lipinski definition) is 1. The molecule has 1 aliphatic heterocycles. The van der Waals surface area contributed by atoms with Gasteiger partial charge in [0.15, 0.2) is 0 Å². The number of thioether (sulfide) groups is 1. The average molecular weight is 291 g/mol. The highest BCUT2D eigenvalue weighted by Gasteiger charge is 2.42. The highest BCUT2D eigenvalue weighted by Crippen LogP contribution is 2.46. The topological polar surface area (TPSA) is 55.4 Å². The molecular weight excluding hydrogens is 274 g/mol. The van der Waals surface area contributed by atoms with Crippen molar-refractivity contribution in [2.24, 2.45) is 5.41 Å². The lowest BCUT2D eigenvalue weighted by molar-refractivity contribution is -0.124. The van der Waals surface area contributed by atoms with Crippen molar-refractivity contribution in [1.29, 1.82) is 0 Å². The number of hydrogen-bond acceptors (Lipinski definition) is 4. The van der Waals surface area contributed by atoms with Gasteiger partial charge in [-0.05, 0) is 31.0 Å². The van der Waals surface area contributed by atoms with E-state index in [4.69, 9.17) is 4.74 Å². The van der Waals surface area contributed by atoms with Gasteiger partial charge in [0.1, 0.15) is 0 Å². The summed E-state index contributed by atoms with van der Waals surface area (Å²) in [5, 5.41) is 3.03. The molecule has 1 aliphatic carbocycles. The Kier molecular flexibility index (Phi) is 3.46. The molecule has 0 aromatic heterocycles. The maximum Gasteiger partial charge on any atom is 0.337 e. The summed E-state index contributed by atoms with van der Waals surface area (Å²) in [4.78, 5) is 25.0. The van der Waals surface area contributed by atoms with Crippen molar-refractivity contribution in [3.8, 4) is 0 Å². The van der Waals surface area contributed by atoms with Crippen LogP contribution in [0.5, 0.6) is 0 Å². The van der Waals surface area contributed by atoms with Gasteiger partial charge >= 0.3 is 5.97 Å². The Morgan fingerprint density at radius 1 is 1.35 bits per heavy atom. The number of rotatable bonds is 1. The molecule has 0 radical (unpaired) electrons. The zero-order valence-corrected chi connectivity index (χ0v) is 12.2. The van der Waals surface area contributed by atoms with Gasteiger partial charge in [-0.15, -0.1) is 11.8 Å². The van der Waals surface area contributed by atoms with E-state index in [1.807, 2.05) is 0 Å². The molecule has 1 spiro atoms. The van der Waals surface area contributed by atoms with E-state index < -0.39 is 0 Å². The minimum atomic E-state index is -0.348. The van der Waals surface area contributed by atoms with Crippen LogP contribution in [0, 0.1) is 5.41 Å². The van der Waals surface area contributed by atoms with Crippen LogP contribution in [0.25, 0.3) is 0 Å². The summed E-state index contributed by atoms with van der Waals surface area (Å²) < 4.78 is 4.74. The Hall–Kier alpha value is -1.49. The van der Waals surface area contributed by atoms with E-state index in [9.17, 15) is 9.59 Å². The fourth-order valence-electron chi connectivity index (χ4n) is 2.95. The molecule has 1 saturated carbocycles. The van der Waals surface area contributed by atoms with Crippen molar-refractivity contribution in [3.63, 3.8) is 0 Å². The molecule has 1 aromatic carbocycles. The van der Waals surface area contributed by atoms with Crippen molar-refractivity contribution in [2.75, 3.05) is 18.2 Å². The van der Waals surface area contributed by atoms with E-state index in [2.05, 4.69) is 5.32 Å².